The van der Waals surface area contributed by atoms with E-state index in [1.54, 1.807) is 0 Å². The molecule has 0 amide bonds. The number of rotatable bonds is 4. The molecule has 0 saturated heterocycles. The van der Waals surface area contributed by atoms with Gasteiger partial charge in [0, 0.05) is 18.4 Å². The highest BCUT2D eigenvalue weighted by Gasteiger charge is 2.72. The van der Waals surface area contributed by atoms with E-state index in [1.165, 1.54) is 0 Å². The van der Waals surface area contributed by atoms with E-state index < -0.39 is 41.9 Å². The van der Waals surface area contributed by atoms with Crippen LogP contribution < -0.4 is 0 Å². The summed E-state index contributed by atoms with van der Waals surface area (Å²) in [5.74, 6) is -2.21. The monoisotopic (exact) mass is 346 g/mol. The Balaban J connectivity index is 2.30. The zero-order valence-electron chi connectivity index (χ0n) is 12.0. The smallest absolute Gasteiger partial charge is 0.426 e. The predicted octanol–water partition coefficient (Wildman–Crippen LogP) is 3.52. The maximum atomic E-state index is 12.9. The van der Waals surface area contributed by atoms with Crippen molar-refractivity contribution in [1.29, 1.82) is 0 Å². The number of aliphatic hydroxyl groups is 1. The fourth-order valence-electron chi connectivity index (χ4n) is 3.77. The van der Waals surface area contributed by atoms with Crippen molar-refractivity contribution in [3.8, 4) is 0 Å². The average molecular weight is 346 g/mol. The maximum absolute atomic E-state index is 12.9. The summed E-state index contributed by atoms with van der Waals surface area (Å²) < 4.78 is 82.3. The zero-order chi connectivity index (χ0) is 17.7. The van der Waals surface area contributed by atoms with E-state index in [2.05, 4.69) is 6.58 Å². The lowest BCUT2D eigenvalue weighted by atomic mass is 9.77. The first-order valence-corrected chi connectivity index (χ1v) is 7.06. The summed E-state index contributed by atoms with van der Waals surface area (Å²) in [5.41, 5.74) is -6.21. The van der Waals surface area contributed by atoms with Crippen molar-refractivity contribution in [3.63, 3.8) is 0 Å². The van der Waals surface area contributed by atoms with Crippen LogP contribution in [0.3, 0.4) is 0 Å². The van der Waals surface area contributed by atoms with E-state index in [0.29, 0.717) is 6.42 Å². The molecule has 9 heteroatoms. The van der Waals surface area contributed by atoms with E-state index in [1.807, 2.05) is 0 Å². The molecule has 2 fully saturated rings. The normalized spacial score (nSPS) is 31.3. The van der Waals surface area contributed by atoms with Gasteiger partial charge < -0.3 is 9.84 Å². The molecule has 132 valence electrons. The highest BCUT2D eigenvalue weighted by Crippen LogP contribution is 2.58. The van der Waals surface area contributed by atoms with E-state index in [4.69, 9.17) is 4.74 Å². The van der Waals surface area contributed by atoms with Gasteiger partial charge in [-0.3, -0.25) is 0 Å². The molecule has 0 aromatic heterocycles. The van der Waals surface area contributed by atoms with Gasteiger partial charge in [0.25, 0.3) is 5.60 Å². The summed E-state index contributed by atoms with van der Waals surface area (Å²) >= 11 is 0. The van der Waals surface area contributed by atoms with Crippen LogP contribution in [0.1, 0.15) is 32.1 Å². The molecule has 3 atom stereocenters. The van der Waals surface area contributed by atoms with Gasteiger partial charge in [-0.15, -0.1) is 0 Å². The van der Waals surface area contributed by atoms with E-state index in [9.17, 15) is 36.2 Å². The van der Waals surface area contributed by atoms with Crippen molar-refractivity contribution in [2.24, 2.45) is 11.8 Å². The molecular weight excluding hydrogens is 330 g/mol. The molecule has 0 spiro atoms. The molecule has 0 aromatic rings. The van der Waals surface area contributed by atoms with Crippen molar-refractivity contribution in [1.82, 2.24) is 0 Å². The number of alkyl halides is 6. The topological polar surface area (TPSA) is 46.5 Å². The van der Waals surface area contributed by atoms with Gasteiger partial charge in [0.05, 0.1) is 0 Å². The molecule has 2 aliphatic rings. The second kappa shape index (κ2) is 5.39. The molecule has 2 bridgehead atoms. The number of carbonyl (C=O) groups is 1. The zero-order valence-corrected chi connectivity index (χ0v) is 12.0. The van der Waals surface area contributed by atoms with Gasteiger partial charge >= 0.3 is 18.3 Å². The standard InChI is InChI=1S/C14H16F6O3/c1-2-10(21)23-11-4-3-8(6-11)5-9(11)7-12(22,13(15,16)17)14(18,19)20/h2,8-9,22H,1,3-7H2. The third-order valence-corrected chi connectivity index (χ3v) is 4.92. The van der Waals surface area contributed by atoms with Crippen molar-refractivity contribution >= 4 is 5.97 Å². The van der Waals surface area contributed by atoms with Gasteiger partial charge in [-0.2, -0.15) is 26.3 Å². The quantitative estimate of drug-likeness (QED) is 0.481. The Labute approximate surface area is 128 Å². The molecule has 3 nitrogen and oxygen atoms in total. The number of halogens is 6. The third kappa shape index (κ3) is 2.95. The Morgan fingerprint density at radius 2 is 1.83 bits per heavy atom. The second-order valence-electron chi connectivity index (χ2n) is 6.29. The van der Waals surface area contributed by atoms with Crippen LogP contribution in [0, 0.1) is 11.8 Å². The molecule has 0 radical (unpaired) electrons. The van der Waals surface area contributed by atoms with Gasteiger partial charge in [0.1, 0.15) is 5.60 Å². The summed E-state index contributed by atoms with van der Waals surface area (Å²) in [6.07, 6.45) is -11.5. The highest BCUT2D eigenvalue weighted by molar-refractivity contribution is 5.81. The SMILES string of the molecule is C=CC(=O)OC12CCC(CC1CC(O)(C(F)(F)F)C(F)(F)F)C2. The van der Waals surface area contributed by atoms with Gasteiger partial charge in [-0.05, 0) is 31.6 Å². The number of hydrogen-bond donors (Lipinski definition) is 1. The van der Waals surface area contributed by atoms with Gasteiger partial charge in [0.15, 0.2) is 0 Å². The van der Waals surface area contributed by atoms with Gasteiger partial charge in [0.2, 0.25) is 0 Å². The van der Waals surface area contributed by atoms with Gasteiger partial charge in [-0.1, -0.05) is 6.58 Å². The highest BCUT2D eigenvalue weighted by atomic mass is 19.4. The number of carbonyl (C=O) groups excluding carboxylic acids is 1. The van der Waals surface area contributed by atoms with Crippen LogP contribution in [0.4, 0.5) is 26.3 Å². The van der Waals surface area contributed by atoms with Crippen LogP contribution in [0.2, 0.25) is 0 Å². The molecule has 0 heterocycles. The first-order chi connectivity index (χ1) is 10.3. The molecule has 0 aromatic carbocycles. The number of fused-ring (bicyclic) bond motifs is 2. The fourth-order valence-corrected chi connectivity index (χ4v) is 3.77. The second-order valence-corrected chi connectivity index (χ2v) is 6.29. The van der Waals surface area contributed by atoms with Crippen LogP contribution in [-0.2, 0) is 9.53 Å². The Hall–Kier alpha value is -1.25. The lowest BCUT2D eigenvalue weighted by Gasteiger charge is -2.40. The Bertz CT molecular complexity index is 484. The van der Waals surface area contributed by atoms with Crippen molar-refractivity contribution in [2.75, 3.05) is 0 Å². The average Bonchev–Trinajstić information content (AvgIpc) is 2.93. The molecule has 2 aliphatic carbocycles. The van der Waals surface area contributed by atoms with Crippen LogP contribution in [0.5, 0.6) is 0 Å². The summed E-state index contributed by atoms with van der Waals surface area (Å²) in [7, 11) is 0. The molecule has 2 saturated carbocycles. The van der Waals surface area contributed by atoms with Crippen LogP contribution in [-0.4, -0.2) is 34.6 Å². The number of hydrogen-bond acceptors (Lipinski definition) is 3. The Morgan fingerprint density at radius 1 is 1.26 bits per heavy atom. The third-order valence-electron chi connectivity index (χ3n) is 4.92. The summed E-state index contributed by atoms with van der Waals surface area (Å²) in [6.45, 7) is 3.18. The first-order valence-electron chi connectivity index (χ1n) is 7.06. The lowest BCUT2D eigenvalue weighted by Crippen LogP contribution is -2.59. The van der Waals surface area contributed by atoms with E-state index >= 15 is 0 Å². The number of esters is 1. The lowest BCUT2D eigenvalue weighted by molar-refractivity contribution is -0.374. The van der Waals surface area contributed by atoms with Gasteiger partial charge in [-0.25, -0.2) is 4.79 Å². The molecule has 2 rings (SSSR count). The molecule has 3 unspecified atom stereocenters. The summed E-state index contributed by atoms with van der Waals surface area (Å²) in [6, 6.07) is 0. The molecule has 23 heavy (non-hydrogen) atoms. The van der Waals surface area contributed by atoms with E-state index in [0.717, 1.165) is 6.08 Å². The van der Waals surface area contributed by atoms with Crippen molar-refractivity contribution < 1.29 is 41.0 Å². The predicted molar refractivity (Wildman–Crippen MR) is 66.1 cm³/mol. The van der Waals surface area contributed by atoms with Crippen LogP contribution in [0.25, 0.3) is 0 Å². The Kier molecular flexibility index (Phi) is 4.24. The summed E-state index contributed by atoms with van der Waals surface area (Å²) in [4.78, 5) is 11.4. The first kappa shape index (κ1) is 18.1. The Morgan fingerprint density at radius 3 is 2.26 bits per heavy atom. The molecule has 1 N–H and O–H groups in total. The molecular formula is C14H16F6O3. The minimum absolute atomic E-state index is 0.0545. The minimum atomic E-state index is -5.86. The van der Waals surface area contributed by atoms with Crippen molar-refractivity contribution in [2.45, 2.75) is 55.7 Å². The minimum Gasteiger partial charge on any atom is -0.456 e. The van der Waals surface area contributed by atoms with Crippen LogP contribution >= 0.6 is 0 Å². The maximum Gasteiger partial charge on any atom is 0.426 e. The summed E-state index contributed by atoms with van der Waals surface area (Å²) in [5, 5.41) is 9.37. The number of ether oxygens (including phenoxy) is 1. The van der Waals surface area contributed by atoms with Crippen LogP contribution in [0.15, 0.2) is 12.7 Å². The largest absolute Gasteiger partial charge is 0.456 e. The molecule has 0 aliphatic heterocycles. The fraction of sp³-hybridized carbons (Fsp3) is 0.786. The van der Waals surface area contributed by atoms with Crippen molar-refractivity contribution in [3.05, 3.63) is 12.7 Å². The van der Waals surface area contributed by atoms with E-state index in [-0.39, 0.29) is 25.2 Å².